The Hall–Kier alpha value is -1.42. The molecule has 0 saturated carbocycles. The summed E-state index contributed by atoms with van der Waals surface area (Å²) < 4.78 is 2.66. The van der Waals surface area contributed by atoms with E-state index in [9.17, 15) is 0 Å². The third-order valence-electron chi connectivity index (χ3n) is 2.65. The van der Waals surface area contributed by atoms with E-state index in [0.717, 1.165) is 17.9 Å². The number of aromatic nitrogens is 3. The zero-order valence-corrected chi connectivity index (χ0v) is 10.6. The van der Waals surface area contributed by atoms with Gasteiger partial charge in [0.15, 0.2) is 4.77 Å². The molecule has 0 saturated heterocycles. The van der Waals surface area contributed by atoms with E-state index < -0.39 is 0 Å². The Morgan fingerprint density at radius 3 is 2.75 bits per heavy atom. The molecule has 0 amide bonds. The molecule has 2 aromatic rings. The van der Waals surface area contributed by atoms with Crippen molar-refractivity contribution in [3.63, 3.8) is 0 Å². The molecule has 4 heteroatoms. The van der Waals surface area contributed by atoms with Crippen LogP contribution in [0.5, 0.6) is 0 Å². The van der Waals surface area contributed by atoms with E-state index in [-0.39, 0.29) is 0 Å². The molecule has 0 aliphatic carbocycles. The number of aromatic amines is 1. The summed E-state index contributed by atoms with van der Waals surface area (Å²) in [7, 11) is 0. The first kappa shape index (κ1) is 11.1. The van der Waals surface area contributed by atoms with Gasteiger partial charge in [0.05, 0.1) is 5.69 Å². The molecule has 1 aromatic carbocycles. The Balaban J connectivity index is 2.67. The topological polar surface area (TPSA) is 33.6 Å². The average Bonchev–Trinajstić information content (AvgIpc) is 2.60. The van der Waals surface area contributed by atoms with Crippen LogP contribution in [0, 0.1) is 18.6 Å². The number of hydrogen-bond acceptors (Lipinski definition) is 2. The van der Waals surface area contributed by atoms with Gasteiger partial charge in [-0.3, -0.25) is 9.67 Å². The summed E-state index contributed by atoms with van der Waals surface area (Å²) in [5.41, 5.74) is 3.59. The standard InChI is InChI=1S/C12H15N3S/c1-4-11-13-14-12(16)15(11)10-6-5-8(2)7-9(10)3/h5-7H,4H2,1-3H3,(H,14,16). The number of hydrogen-bond donors (Lipinski definition) is 1. The molecule has 0 radical (unpaired) electrons. The molecule has 3 nitrogen and oxygen atoms in total. The second-order valence-corrected chi connectivity index (χ2v) is 4.31. The molecule has 16 heavy (non-hydrogen) atoms. The summed E-state index contributed by atoms with van der Waals surface area (Å²) in [5, 5.41) is 7.06. The molecular weight excluding hydrogens is 218 g/mol. The molecule has 0 spiro atoms. The first-order valence-electron chi connectivity index (χ1n) is 5.37. The maximum Gasteiger partial charge on any atom is 0.199 e. The van der Waals surface area contributed by atoms with Gasteiger partial charge in [-0.05, 0) is 37.7 Å². The van der Waals surface area contributed by atoms with Crippen LogP contribution in [0.1, 0.15) is 23.9 Å². The Morgan fingerprint density at radius 1 is 1.38 bits per heavy atom. The van der Waals surface area contributed by atoms with Crippen LogP contribution < -0.4 is 0 Å². The number of H-pyrrole nitrogens is 1. The zero-order valence-electron chi connectivity index (χ0n) is 9.74. The Labute approximate surface area is 100 Å². The summed E-state index contributed by atoms with van der Waals surface area (Å²) in [5.74, 6) is 0.969. The second-order valence-electron chi connectivity index (χ2n) is 3.92. The van der Waals surface area contributed by atoms with Crippen molar-refractivity contribution in [3.8, 4) is 5.69 Å². The van der Waals surface area contributed by atoms with Gasteiger partial charge in [-0.15, -0.1) is 0 Å². The zero-order chi connectivity index (χ0) is 11.7. The minimum atomic E-state index is 0.656. The molecule has 0 atom stereocenters. The van der Waals surface area contributed by atoms with Crippen LogP contribution in [0.4, 0.5) is 0 Å². The van der Waals surface area contributed by atoms with Crippen LogP contribution in [0.2, 0.25) is 0 Å². The van der Waals surface area contributed by atoms with E-state index in [4.69, 9.17) is 12.2 Å². The predicted octanol–water partition coefficient (Wildman–Crippen LogP) is 3.11. The van der Waals surface area contributed by atoms with Crippen LogP contribution in [0.25, 0.3) is 5.69 Å². The second kappa shape index (κ2) is 4.22. The number of benzene rings is 1. The Kier molecular flexibility index (Phi) is 2.92. The SMILES string of the molecule is CCc1n[nH]c(=S)n1-c1ccc(C)cc1C. The molecule has 0 aliphatic rings. The molecule has 0 bridgehead atoms. The lowest BCUT2D eigenvalue weighted by atomic mass is 10.1. The number of nitrogens with one attached hydrogen (secondary N) is 1. The van der Waals surface area contributed by atoms with E-state index in [0.29, 0.717) is 4.77 Å². The monoisotopic (exact) mass is 233 g/mol. The highest BCUT2D eigenvalue weighted by molar-refractivity contribution is 7.71. The minimum Gasteiger partial charge on any atom is -0.272 e. The van der Waals surface area contributed by atoms with Gasteiger partial charge in [-0.2, -0.15) is 5.10 Å². The highest BCUT2D eigenvalue weighted by Gasteiger charge is 2.08. The molecule has 1 heterocycles. The average molecular weight is 233 g/mol. The molecule has 1 aromatic heterocycles. The van der Waals surface area contributed by atoms with Crippen molar-refractivity contribution in [1.29, 1.82) is 0 Å². The van der Waals surface area contributed by atoms with Gasteiger partial charge in [-0.1, -0.05) is 24.6 Å². The Morgan fingerprint density at radius 2 is 2.12 bits per heavy atom. The van der Waals surface area contributed by atoms with Crippen molar-refractivity contribution in [3.05, 3.63) is 39.9 Å². The van der Waals surface area contributed by atoms with Gasteiger partial charge in [0.1, 0.15) is 5.82 Å². The first-order valence-corrected chi connectivity index (χ1v) is 5.78. The molecule has 0 fully saturated rings. The summed E-state index contributed by atoms with van der Waals surface area (Å²) in [4.78, 5) is 0. The van der Waals surface area contributed by atoms with Gasteiger partial charge in [0.2, 0.25) is 0 Å². The fourth-order valence-electron chi connectivity index (χ4n) is 1.87. The van der Waals surface area contributed by atoms with Crippen molar-refractivity contribution in [2.45, 2.75) is 27.2 Å². The highest BCUT2D eigenvalue weighted by Crippen LogP contribution is 2.17. The summed E-state index contributed by atoms with van der Waals surface area (Å²) in [6, 6.07) is 6.34. The first-order chi connectivity index (χ1) is 7.63. The fraction of sp³-hybridized carbons (Fsp3) is 0.333. The van der Waals surface area contributed by atoms with Crippen molar-refractivity contribution < 1.29 is 0 Å². The van der Waals surface area contributed by atoms with Crippen molar-refractivity contribution in [2.24, 2.45) is 0 Å². The van der Waals surface area contributed by atoms with Crippen LogP contribution in [-0.4, -0.2) is 14.8 Å². The quantitative estimate of drug-likeness (QED) is 0.809. The highest BCUT2D eigenvalue weighted by atomic mass is 32.1. The maximum atomic E-state index is 5.26. The van der Waals surface area contributed by atoms with Gasteiger partial charge in [-0.25, -0.2) is 0 Å². The third-order valence-corrected chi connectivity index (χ3v) is 2.93. The third kappa shape index (κ3) is 1.80. The number of aryl methyl sites for hydroxylation is 3. The van der Waals surface area contributed by atoms with E-state index in [2.05, 4.69) is 49.2 Å². The smallest absolute Gasteiger partial charge is 0.199 e. The lowest BCUT2D eigenvalue weighted by Gasteiger charge is -2.09. The van der Waals surface area contributed by atoms with Crippen LogP contribution in [-0.2, 0) is 6.42 Å². The van der Waals surface area contributed by atoms with E-state index in [1.54, 1.807) is 0 Å². The van der Waals surface area contributed by atoms with Crippen molar-refractivity contribution >= 4 is 12.2 Å². The van der Waals surface area contributed by atoms with E-state index in [1.165, 1.54) is 11.1 Å². The molecule has 0 unspecified atom stereocenters. The van der Waals surface area contributed by atoms with Crippen molar-refractivity contribution in [2.75, 3.05) is 0 Å². The maximum absolute atomic E-state index is 5.26. The largest absolute Gasteiger partial charge is 0.272 e. The number of rotatable bonds is 2. The van der Waals surface area contributed by atoms with Gasteiger partial charge < -0.3 is 0 Å². The summed E-state index contributed by atoms with van der Waals surface area (Å²) in [6.07, 6.45) is 0.862. The van der Waals surface area contributed by atoms with Gasteiger partial charge in [0.25, 0.3) is 0 Å². The van der Waals surface area contributed by atoms with Gasteiger partial charge in [0, 0.05) is 6.42 Å². The fourth-order valence-corrected chi connectivity index (χ4v) is 2.12. The predicted molar refractivity (Wildman–Crippen MR) is 67.6 cm³/mol. The molecule has 1 N–H and O–H groups in total. The van der Waals surface area contributed by atoms with Crippen LogP contribution in [0.15, 0.2) is 18.2 Å². The lowest BCUT2D eigenvalue weighted by molar-refractivity contribution is 0.875. The molecular formula is C12H15N3S. The van der Waals surface area contributed by atoms with E-state index >= 15 is 0 Å². The molecule has 2 rings (SSSR count). The van der Waals surface area contributed by atoms with Crippen LogP contribution >= 0.6 is 12.2 Å². The van der Waals surface area contributed by atoms with Gasteiger partial charge >= 0.3 is 0 Å². The Bertz CT molecular complexity index is 566. The van der Waals surface area contributed by atoms with E-state index in [1.807, 2.05) is 4.57 Å². The number of nitrogens with zero attached hydrogens (tertiary/aromatic N) is 2. The normalized spacial score (nSPS) is 10.7. The molecule has 0 aliphatic heterocycles. The summed E-state index contributed by atoms with van der Waals surface area (Å²) >= 11 is 5.26. The van der Waals surface area contributed by atoms with Crippen LogP contribution in [0.3, 0.4) is 0 Å². The minimum absolute atomic E-state index is 0.656. The molecule has 84 valence electrons. The summed E-state index contributed by atoms with van der Waals surface area (Å²) in [6.45, 7) is 6.26. The lowest BCUT2D eigenvalue weighted by Crippen LogP contribution is -2.02. The van der Waals surface area contributed by atoms with Crippen molar-refractivity contribution in [1.82, 2.24) is 14.8 Å².